The van der Waals surface area contributed by atoms with Crippen LogP contribution in [-0.4, -0.2) is 77.5 Å². The van der Waals surface area contributed by atoms with Gasteiger partial charge in [-0.2, -0.15) is 0 Å². The van der Waals surface area contributed by atoms with Crippen molar-refractivity contribution in [3.05, 3.63) is 24.3 Å². The van der Waals surface area contributed by atoms with E-state index in [-0.39, 0.29) is 5.91 Å². The van der Waals surface area contributed by atoms with Gasteiger partial charge < -0.3 is 14.8 Å². The molecule has 8 nitrogen and oxygen atoms in total. The number of nitrogens with zero attached hydrogens (tertiary/aromatic N) is 2. The number of nitrogens with one attached hydrogen (secondary N) is 1. The molecule has 0 aromatic heterocycles. The third kappa shape index (κ3) is 6.35. The second-order valence-electron chi connectivity index (χ2n) is 6.65. The molecule has 1 fully saturated rings. The monoisotopic (exact) mass is 413 g/mol. The Labute approximate surface area is 167 Å². The van der Waals surface area contributed by atoms with Crippen molar-refractivity contribution in [3.63, 3.8) is 0 Å². The Balaban J connectivity index is 2.07. The van der Waals surface area contributed by atoms with Gasteiger partial charge >= 0.3 is 0 Å². The zero-order chi connectivity index (χ0) is 20.6. The smallest absolute Gasteiger partial charge is 0.243 e. The molecule has 1 heterocycles. The van der Waals surface area contributed by atoms with Crippen molar-refractivity contribution in [2.24, 2.45) is 0 Å². The van der Waals surface area contributed by atoms with Crippen molar-refractivity contribution in [3.8, 4) is 5.75 Å². The number of carbonyl (C=O) groups is 1. The molecule has 1 N–H and O–H groups in total. The molecule has 0 saturated carbocycles. The van der Waals surface area contributed by atoms with Gasteiger partial charge in [-0.05, 0) is 37.6 Å². The second kappa shape index (κ2) is 10.6. The molecule has 0 bridgehead atoms. The summed E-state index contributed by atoms with van der Waals surface area (Å²) in [6, 6.07) is 5.93. The molecule has 1 saturated heterocycles. The minimum atomic E-state index is -3.64. The Hall–Kier alpha value is -1.84. The molecule has 1 aliphatic heterocycles. The summed E-state index contributed by atoms with van der Waals surface area (Å²) in [5.41, 5.74) is 0.445. The van der Waals surface area contributed by atoms with Gasteiger partial charge in [-0.3, -0.25) is 14.0 Å². The largest absolute Gasteiger partial charge is 0.494 e. The number of hydrogen-bond donors (Lipinski definition) is 1. The standard InChI is InChI=1S/C19H31N3O5S/c1-4-18(19(23)20-10-11-21-12-14-26-15-13-21)22(28(3,24)25)16-6-8-17(9-7-16)27-5-2/h6-9,18H,4-5,10-15H2,1-3H3,(H,20,23). The summed E-state index contributed by atoms with van der Waals surface area (Å²) in [5.74, 6) is 0.359. The maximum absolute atomic E-state index is 12.8. The molecule has 1 amide bonds. The molecule has 9 heteroatoms. The van der Waals surface area contributed by atoms with E-state index >= 15 is 0 Å². The molecule has 0 spiro atoms. The highest BCUT2D eigenvalue weighted by Crippen LogP contribution is 2.25. The Morgan fingerprint density at radius 3 is 2.43 bits per heavy atom. The first-order chi connectivity index (χ1) is 13.4. The first-order valence-electron chi connectivity index (χ1n) is 9.66. The van der Waals surface area contributed by atoms with Gasteiger partial charge in [0.15, 0.2) is 0 Å². The van der Waals surface area contributed by atoms with Gasteiger partial charge in [-0.15, -0.1) is 0 Å². The number of sulfonamides is 1. The lowest BCUT2D eigenvalue weighted by atomic mass is 10.2. The van der Waals surface area contributed by atoms with Gasteiger partial charge in [0.05, 0.1) is 31.8 Å². The van der Waals surface area contributed by atoms with Crippen LogP contribution in [-0.2, 0) is 19.6 Å². The summed E-state index contributed by atoms with van der Waals surface area (Å²) in [6.45, 7) is 8.48. The minimum absolute atomic E-state index is 0.296. The van der Waals surface area contributed by atoms with Crippen molar-refractivity contribution in [2.45, 2.75) is 26.3 Å². The van der Waals surface area contributed by atoms with Crippen LogP contribution in [0.2, 0.25) is 0 Å². The first kappa shape index (κ1) is 22.4. The molecule has 1 atom stereocenters. The van der Waals surface area contributed by atoms with Crippen LogP contribution >= 0.6 is 0 Å². The van der Waals surface area contributed by atoms with E-state index in [1.807, 2.05) is 6.92 Å². The molecular formula is C19H31N3O5S. The second-order valence-corrected chi connectivity index (χ2v) is 8.51. The van der Waals surface area contributed by atoms with Crippen LogP contribution in [0.4, 0.5) is 5.69 Å². The SMILES string of the molecule is CCOc1ccc(N(C(CC)C(=O)NCCN2CCOCC2)S(C)(=O)=O)cc1. The van der Waals surface area contributed by atoms with Crippen LogP contribution in [0.3, 0.4) is 0 Å². The number of ether oxygens (including phenoxy) is 2. The molecule has 1 aromatic carbocycles. The third-order valence-electron chi connectivity index (χ3n) is 4.56. The molecule has 1 unspecified atom stereocenters. The van der Waals surface area contributed by atoms with Crippen LogP contribution < -0.4 is 14.4 Å². The van der Waals surface area contributed by atoms with Gasteiger partial charge in [0, 0.05) is 26.2 Å². The maximum Gasteiger partial charge on any atom is 0.243 e. The summed E-state index contributed by atoms with van der Waals surface area (Å²) in [5, 5.41) is 2.88. The lowest BCUT2D eigenvalue weighted by Gasteiger charge is -2.31. The lowest BCUT2D eigenvalue weighted by Crippen LogP contribution is -2.50. The highest BCUT2D eigenvalue weighted by atomic mass is 32.2. The zero-order valence-corrected chi connectivity index (χ0v) is 17.7. The fourth-order valence-electron chi connectivity index (χ4n) is 3.20. The Bertz CT molecular complexity index is 718. The molecular weight excluding hydrogens is 382 g/mol. The van der Waals surface area contributed by atoms with E-state index in [0.717, 1.165) is 19.3 Å². The van der Waals surface area contributed by atoms with Crippen molar-refractivity contribution in [2.75, 3.05) is 56.6 Å². The highest BCUT2D eigenvalue weighted by molar-refractivity contribution is 7.92. The normalized spacial score (nSPS) is 16.4. The number of rotatable bonds is 10. The van der Waals surface area contributed by atoms with Crippen molar-refractivity contribution < 1.29 is 22.7 Å². The highest BCUT2D eigenvalue weighted by Gasteiger charge is 2.31. The predicted molar refractivity (Wildman–Crippen MR) is 109 cm³/mol. The fraction of sp³-hybridized carbons (Fsp3) is 0.632. The zero-order valence-electron chi connectivity index (χ0n) is 16.9. The van der Waals surface area contributed by atoms with E-state index in [4.69, 9.17) is 9.47 Å². The lowest BCUT2D eigenvalue weighted by molar-refractivity contribution is -0.122. The van der Waals surface area contributed by atoms with Crippen molar-refractivity contribution >= 4 is 21.6 Å². The Morgan fingerprint density at radius 2 is 1.89 bits per heavy atom. The van der Waals surface area contributed by atoms with E-state index in [1.54, 1.807) is 31.2 Å². The summed E-state index contributed by atoms with van der Waals surface area (Å²) in [6.07, 6.45) is 1.48. The summed E-state index contributed by atoms with van der Waals surface area (Å²) < 4.78 is 36.8. The van der Waals surface area contributed by atoms with Gasteiger partial charge in [0.25, 0.3) is 0 Å². The molecule has 158 valence electrons. The van der Waals surface area contributed by atoms with Crippen LogP contribution in [0.15, 0.2) is 24.3 Å². The van der Waals surface area contributed by atoms with Crippen LogP contribution in [0.1, 0.15) is 20.3 Å². The van der Waals surface area contributed by atoms with E-state index in [0.29, 0.717) is 50.8 Å². The molecule has 28 heavy (non-hydrogen) atoms. The molecule has 2 rings (SSSR count). The average molecular weight is 414 g/mol. The van der Waals surface area contributed by atoms with Crippen LogP contribution in [0.5, 0.6) is 5.75 Å². The minimum Gasteiger partial charge on any atom is -0.494 e. The average Bonchev–Trinajstić information content (AvgIpc) is 2.67. The molecule has 1 aliphatic rings. The van der Waals surface area contributed by atoms with Gasteiger partial charge in [0.2, 0.25) is 15.9 Å². The number of morpholine rings is 1. The Kier molecular flexibility index (Phi) is 8.53. The number of amides is 1. The van der Waals surface area contributed by atoms with E-state index in [1.165, 1.54) is 4.31 Å². The fourth-order valence-corrected chi connectivity index (χ4v) is 4.41. The summed E-state index contributed by atoms with van der Waals surface area (Å²) in [4.78, 5) is 15.0. The van der Waals surface area contributed by atoms with E-state index in [2.05, 4.69) is 10.2 Å². The van der Waals surface area contributed by atoms with Crippen LogP contribution in [0.25, 0.3) is 0 Å². The molecule has 0 radical (unpaired) electrons. The number of hydrogen-bond acceptors (Lipinski definition) is 6. The topological polar surface area (TPSA) is 88.2 Å². The molecule has 1 aromatic rings. The first-order valence-corrected chi connectivity index (χ1v) is 11.5. The number of benzene rings is 1. The van der Waals surface area contributed by atoms with Gasteiger partial charge in [-0.1, -0.05) is 6.92 Å². The van der Waals surface area contributed by atoms with Gasteiger partial charge in [0.1, 0.15) is 11.8 Å². The van der Waals surface area contributed by atoms with E-state index < -0.39 is 16.1 Å². The summed E-state index contributed by atoms with van der Waals surface area (Å²) >= 11 is 0. The maximum atomic E-state index is 12.8. The predicted octanol–water partition coefficient (Wildman–Crippen LogP) is 1.08. The summed E-state index contributed by atoms with van der Waals surface area (Å²) in [7, 11) is -3.64. The van der Waals surface area contributed by atoms with Crippen molar-refractivity contribution in [1.29, 1.82) is 0 Å². The number of carbonyl (C=O) groups excluding carboxylic acids is 1. The van der Waals surface area contributed by atoms with E-state index in [9.17, 15) is 13.2 Å². The molecule has 0 aliphatic carbocycles. The third-order valence-corrected chi connectivity index (χ3v) is 5.74. The van der Waals surface area contributed by atoms with Crippen LogP contribution in [0, 0.1) is 0 Å². The Morgan fingerprint density at radius 1 is 1.25 bits per heavy atom. The van der Waals surface area contributed by atoms with Crippen molar-refractivity contribution in [1.82, 2.24) is 10.2 Å². The van der Waals surface area contributed by atoms with Gasteiger partial charge in [-0.25, -0.2) is 8.42 Å². The quantitative estimate of drug-likeness (QED) is 0.618. The number of anilines is 1.